The summed E-state index contributed by atoms with van der Waals surface area (Å²) in [6.45, 7) is 6.99. The first-order valence-electron chi connectivity index (χ1n) is 12.4. The molecule has 1 atom stereocenters. The molecular weight excluding hydrogens is 470 g/mol. The zero-order valence-corrected chi connectivity index (χ0v) is 21.7. The van der Waals surface area contributed by atoms with Gasteiger partial charge >= 0.3 is 17.9 Å². The second kappa shape index (κ2) is 13.4. The zero-order valence-electron chi connectivity index (χ0n) is 21.7. The van der Waals surface area contributed by atoms with Crippen LogP contribution in [0.25, 0.3) is 0 Å². The molecule has 2 rings (SSSR count). The fourth-order valence-electron chi connectivity index (χ4n) is 3.71. The summed E-state index contributed by atoms with van der Waals surface area (Å²) < 4.78 is 16.8. The molecule has 1 aliphatic heterocycles. The molecule has 0 aromatic heterocycles. The lowest BCUT2D eigenvalue weighted by atomic mass is 10.0. The Bertz CT molecular complexity index is 881. The van der Waals surface area contributed by atoms with Crippen molar-refractivity contribution in [3.63, 3.8) is 0 Å². The quantitative estimate of drug-likeness (QED) is 0.222. The molecule has 0 aromatic carbocycles. The highest BCUT2D eigenvalue weighted by atomic mass is 16.7. The Morgan fingerprint density at radius 3 is 2.22 bits per heavy atom. The Morgan fingerprint density at radius 1 is 0.889 bits per heavy atom. The molecule has 0 spiro atoms. The molecule has 0 bridgehead atoms. The van der Waals surface area contributed by atoms with Crippen LogP contribution in [0.3, 0.4) is 0 Å². The van der Waals surface area contributed by atoms with Gasteiger partial charge in [-0.15, -0.1) is 16.9 Å². The molecule has 36 heavy (non-hydrogen) atoms. The van der Waals surface area contributed by atoms with Gasteiger partial charge in [-0.2, -0.15) is 0 Å². The van der Waals surface area contributed by atoms with E-state index in [1.165, 1.54) is 0 Å². The third kappa shape index (κ3) is 10.8. The number of hydrogen-bond donors (Lipinski definition) is 0. The van der Waals surface area contributed by atoms with Gasteiger partial charge in [-0.05, 0) is 47.0 Å². The molecule has 200 valence electrons. The summed E-state index contributed by atoms with van der Waals surface area (Å²) in [6.07, 6.45) is 3.80. The van der Waals surface area contributed by atoms with Crippen molar-refractivity contribution in [3.8, 4) is 11.8 Å². The zero-order chi connectivity index (χ0) is 26.8. The predicted octanol–water partition coefficient (Wildman–Crippen LogP) is 3.15. The van der Waals surface area contributed by atoms with Crippen molar-refractivity contribution in [2.45, 2.75) is 116 Å². The molecule has 10 heteroatoms. The molecule has 1 unspecified atom stereocenters. The SMILES string of the molecule is CC(C)(CC(=O)ON1C(=O)CCC1=O)OCCC(C)(C)OC(=O)CCC(=O)OC1CCC#CCCC1. The molecule has 1 fully saturated rings. The first-order chi connectivity index (χ1) is 16.9. The van der Waals surface area contributed by atoms with Crippen LogP contribution >= 0.6 is 0 Å². The van der Waals surface area contributed by atoms with Gasteiger partial charge in [0.2, 0.25) is 0 Å². The first-order valence-corrected chi connectivity index (χ1v) is 12.4. The summed E-state index contributed by atoms with van der Waals surface area (Å²) in [4.78, 5) is 64.6. The molecule has 1 heterocycles. The van der Waals surface area contributed by atoms with Crippen molar-refractivity contribution >= 4 is 29.7 Å². The van der Waals surface area contributed by atoms with Crippen LogP contribution in [0, 0.1) is 11.8 Å². The van der Waals surface area contributed by atoms with E-state index in [-0.39, 0.29) is 44.8 Å². The van der Waals surface area contributed by atoms with Crippen LogP contribution in [0.15, 0.2) is 0 Å². The standard InChI is InChI=1S/C26H37NO9/c1-25(2,35-23(31)15-14-22(30)34-19-10-8-6-5-7-9-11-19)16-17-33-26(3,4)18-24(32)36-27-20(28)12-13-21(27)29/h19H,6,8-18H2,1-4H3. The smallest absolute Gasteiger partial charge is 0.336 e. The number of imide groups is 1. The fourth-order valence-corrected chi connectivity index (χ4v) is 3.71. The summed E-state index contributed by atoms with van der Waals surface area (Å²) in [5, 5.41) is 0.503. The third-order valence-electron chi connectivity index (χ3n) is 5.73. The van der Waals surface area contributed by atoms with Gasteiger partial charge < -0.3 is 19.0 Å². The third-order valence-corrected chi connectivity index (χ3v) is 5.73. The minimum absolute atomic E-state index is 0.0249. The molecule has 1 aliphatic carbocycles. The number of hydroxylamine groups is 2. The predicted molar refractivity (Wildman–Crippen MR) is 127 cm³/mol. The normalized spacial score (nSPS) is 18.6. The van der Waals surface area contributed by atoms with E-state index in [2.05, 4.69) is 11.8 Å². The van der Waals surface area contributed by atoms with Crippen LogP contribution in [0.5, 0.6) is 0 Å². The van der Waals surface area contributed by atoms with Crippen molar-refractivity contribution < 1.29 is 43.0 Å². The molecule has 0 saturated carbocycles. The maximum Gasteiger partial charge on any atom is 0.336 e. The van der Waals surface area contributed by atoms with Crippen LogP contribution in [-0.4, -0.2) is 58.7 Å². The number of rotatable bonds is 12. The number of carbonyl (C=O) groups excluding carboxylic acids is 5. The van der Waals surface area contributed by atoms with Crippen molar-refractivity contribution in [2.75, 3.05) is 6.61 Å². The van der Waals surface area contributed by atoms with Gasteiger partial charge in [-0.25, -0.2) is 4.79 Å². The van der Waals surface area contributed by atoms with Crippen molar-refractivity contribution in [3.05, 3.63) is 0 Å². The number of carbonyl (C=O) groups is 5. The van der Waals surface area contributed by atoms with Gasteiger partial charge in [0.05, 0.1) is 31.5 Å². The second-order valence-corrected chi connectivity index (χ2v) is 10.2. The highest BCUT2D eigenvalue weighted by Gasteiger charge is 2.35. The van der Waals surface area contributed by atoms with Crippen molar-refractivity contribution in [1.29, 1.82) is 0 Å². The van der Waals surface area contributed by atoms with Gasteiger partial charge in [0, 0.05) is 32.1 Å². The maximum atomic E-state index is 12.3. The molecule has 2 aliphatic rings. The van der Waals surface area contributed by atoms with Crippen LogP contribution < -0.4 is 0 Å². The van der Waals surface area contributed by atoms with E-state index in [9.17, 15) is 24.0 Å². The van der Waals surface area contributed by atoms with E-state index in [4.69, 9.17) is 19.0 Å². The molecule has 10 nitrogen and oxygen atoms in total. The minimum atomic E-state index is -0.935. The van der Waals surface area contributed by atoms with E-state index in [1.807, 2.05) is 0 Å². The Hall–Kier alpha value is -2.93. The van der Waals surface area contributed by atoms with Gasteiger partial charge in [0.25, 0.3) is 11.8 Å². The Balaban J connectivity index is 1.66. The first kappa shape index (κ1) is 29.3. The van der Waals surface area contributed by atoms with Crippen LogP contribution in [0.4, 0.5) is 0 Å². The van der Waals surface area contributed by atoms with Crippen molar-refractivity contribution in [2.24, 2.45) is 0 Å². The minimum Gasteiger partial charge on any atom is -0.462 e. The Kier molecular flexibility index (Phi) is 10.9. The highest BCUT2D eigenvalue weighted by Crippen LogP contribution is 2.22. The van der Waals surface area contributed by atoms with Gasteiger partial charge in [-0.3, -0.25) is 19.2 Å². The average Bonchev–Trinajstić information content (AvgIpc) is 3.05. The van der Waals surface area contributed by atoms with Gasteiger partial charge in [-0.1, -0.05) is 0 Å². The molecule has 0 N–H and O–H groups in total. The molecule has 1 saturated heterocycles. The summed E-state index contributed by atoms with van der Waals surface area (Å²) in [6, 6.07) is 0. The second-order valence-electron chi connectivity index (χ2n) is 10.2. The summed E-state index contributed by atoms with van der Waals surface area (Å²) >= 11 is 0. The van der Waals surface area contributed by atoms with E-state index < -0.39 is 40.9 Å². The van der Waals surface area contributed by atoms with Crippen LogP contribution in [0.1, 0.15) is 98.3 Å². The number of nitrogens with zero attached hydrogens (tertiary/aromatic N) is 1. The lowest BCUT2D eigenvalue weighted by Crippen LogP contribution is -2.37. The summed E-state index contributed by atoms with van der Waals surface area (Å²) in [5.74, 6) is 3.34. The number of esters is 2. The van der Waals surface area contributed by atoms with Crippen LogP contribution in [-0.2, 0) is 43.0 Å². The molecular formula is C26H37NO9. The number of amides is 2. The van der Waals surface area contributed by atoms with Gasteiger partial charge in [0.15, 0.2) is 0 Å². The van der Waals surface area contributed by atoms with Crippen molar-refractivity contribution in [1.82, 2.24) is 5.06 Å². The van der Waals surface area contributed by atoms with E-state index >= 15 is 0 Å². The van der Waals surface area contributed by atoms with E-state index in [1.54, 1.807) is 27.7 Å². The Labute approximate surface area is 212 Å². The molecule has 2 amide bonds. The monoisotopic (exact) mass is 507 g/mol. The maximum absolute atomic E-state index is 12.3. The highest BCUT2D eigenvalue weighted by molar-refractivity contribution is 6.01. The fraction of sp³-hybridized carbons (Fsp3) is 0.731. The van der Waals surface area contributed by atoms with Crippen LogP contribution in [0.2, 0.25) is 0 Å². The topological polar surface area (TPSA) is 126 Å². The van der Waals surface area contributed by atoms with Gasteiger partial charge in [0.1, 0.15) is 11.7 Å². The summed E-state index contributed by atoms with van der Waals surface area (Å²) in [7, 11) is 0. The largest absolute Gasteiger partial charge is 0.462 e. The molecule has 0 radical (unpaired) electrons. The number of hydrogen-bond acceptors (Lipinski definition) is 9. The van der Waals surface area contributed by atoms with E-state index in [0.29, 0.717) is 24.3 Å². The lowest BCUT2D eigenvalue weighted by Gasteiger charge is -2.29. The molecule has 0 aromatic rings. The summed E-state index contributed by atoms with van der Waals surface area (Å²) in [5.41, 5.74) is -1.79. The lowest BCUT2D eigenvalue weighted by molar-refractivity contribution is -0.201. The average molecular weight is 508 g/mol. The van der Waals surface area contributed by atoms with E-state index in [0.717, 1.165) is 19.3 Å². The number of ether oxygens (including phenoxy) is 3. The Morgan fingerprint density at radius 2 is 1.53 bits per heavy atom.